The molecule has 0 bridgehead atoms. The lowest BCUT2D eigenvalue weighted by Gasteiger charge is -2.25. The van der Waals surface area contributed by atoms with Gasteiger partial charge in [-0.15, -0.1) is 0 Å². The van der Waals surface area contributed by atoms with Gasteiger partial charge in [0, 0.05) is 18.8 Å². The van der Waals surface area contributed by atoms with E-state index in [0.717, 1.165) is 37.1 Å². The zero-order valence-electron chi connectivity index (χ0n) is 12.3. The van der Waals surface area contributed by atoms with Crippen LogP contribution in [0.3, 0.4) is 0 Å². The van der Waals surface area contributed by atoms with Crippen LogP contribution in [-0.4, -0.2) is 29.6 Å². The van der Waals surface area contributed by atoms with Crippen LogP contribution >= 0.6 is 0 Å². The van der Waals surface area contributed by atoms with E-state index in [1.54, 1.807) is 0 Å². The number of hydrogen-bond donors (Lipinski definition) is 1. The molecule has 4 nitrogen and oxygen atoms in total. The molecule has 0 aromatic heterocycles. The highest BCUT2D eigenvalue weighted by Gasteiger charge is 2.31. The van der Waals surface area contributed by atoms with Crippen LogP contribution < -0.4 is 5.73 Å². The van der Waals surface area contributed by atoms with Crippen LogP contribution in [0, 0.1) is 0 Å². The first-order valence-corrected chi connectivity index (χ1v) is 7.38. The van der Waals surface area contributed by atoms with E-state index < -0.39 is 0 Å². The number of nitrogens with zero attached hydrogens (tertiary/aromatic N) is 1. The second-order valence-electron chi connectivity index (χ2n) is 5.52. The highest BCUT2D eigenvalue weighted by Crippen LogP contribution is 2.22. The summed E-state index contributed by atoms with van der Waals surface area (Å²) in [6.07, 6.45) is 2.67. The fourth-order valence-electron chi connectivity index (χ4n) is 2.64. The standard InChI is InChI=1S/C16H24N2O2/c1-3-9-18(11-13-5-4-6-14(17)10-13)16(19)15-8-7-12(2)20-15/h4-6,10,12,15H,3,7-9,11,17H2,1-2H3. The molecule has 2 unspecified atom stereocenters. The third kappa shape index (κ3) is 3.73. The van der Waals surface area contributed by atoms with Gasteiger partial charge in [0.15, 0.2) is 0 Å². The maximum absolute atomic E-state index is 12.5. The maximum atomic E-state index is 12.5. The van der Waals surface area contributed by atoms with Crippen molar-refractivity contribution in [1.29, 1.82) is 0 Å². The highest BCUT2D eigenvalue weighted by molar-refractivity contribution is 5.81. The molecular formula is C16H24N2O2. The minimum Gasteiger partial charge on any atom is -0.399 e. The molecule has 2 N–H and O–H groups in total. The first-order valence-electron chi connectivity index (χ1n) is 7.38. The maximum Gasteiger partial charge on any atom is 0.252 e. The van der Waals surface area contributed by atoms with E-state index in [0.29, 0.717) is 6.54 Å². The first-order chi connectivity index (χ1) is 9.60. The molecule has 1 aliphatic heterocycles. The topological polar surface area (TPSA) is 55.6 Å². The van der Waals surface area contributed by atoms with E-state index in [-0.39, 0.29) is 18.1 Å². The lowest BCUT2D eigenvalue weighted by Crippen LogP contribution is -2.39. The number of hydrogen-bond acceptors (Lipinski definition) is 3. The van der Waals surface area contributed by atoms with Gasteiger partial charge >= 0.3 is 0 Å². The van der Waals surface area contributed by atoms with Gasteiger partial charge in [0.05, 0.1) is 6.10 Å². The summed E-state index contributed by atoms with van der Waals surface area (Å²) < 4.78 is 5.70. The van der Waals surface area contributed by atoms with Gasteiger partial charge in [-0.25, -0.2) is 0 Å². The Morgan fingerprint density at radius 1 is 1.45 bits per heavy atom. The quantitative estimate of drug-likeness (QED) is 0.841. The Morgan fingerprint density at radius 3 is 2.85 bits per heavy atom. The lowest BCUT2D eigenvalue weighted by atomic mass is 10.1. The van der Waals surface area contributed by atoms with Crippen LogP contribution in [0.15, 0.2) is 24.3 Å². The van der Waals surface area contributed by atoms with E-state index in [4.69, 9.17) is 10.5 Å². The number of rotatable bonds is 5. The van der Waals surface area contributed by atoms with E-state index in [1.165, 1.54) is 0 Å². The van der Waals surface area contributed by atoms with Gasteiger partial charge in [-0.2, -0.15) is 0 Å². The van der Waals surface area contributed by atoms with Gasteiger partial charge in [-0.1, -0.05) is 19.1 Å². The minimum absolute atomic E-state index is 0.110. The van der Waals surface area contributed by atoms with Crippen LogP contribution in [-0.2, 0) is 16.1 Å². The minimum atomic E-state index is -0.266. The molecule has 1 aliphatic rings. The molecule has 1 amide bonds. The van der Waals surface area contributed by atoms with Gasteiger partial charge < -0.3 is 15.4 Å². The van der Waals surface area contributed by atoms with Crippen LogP contribution in [0.1, 0.15) is 38.7 Å². The molecular weight excluding hydrogens is 252 g/mol. The molecule has 4 heteroatoms. The largest absolute Gasteiger partial charge is 0.399 e. The van der Waals surface area contributed by atoms with Crippen LogP contribution in [0.4, 0.5) is 5.69 Å². The molecule has 0 spiro atoms. The summed E-state index contributed by atoms with van der Waals surface area (Å²) in [4.78, 5) is 14.4. The van der Waals surface area contributed by atoms with Gasteiger partial charge in [-0.05, 0) is 43.9 Å². The van der Waals surface area contributed by atoms with Crippen molar-refractivity contribution in [1.82, 2.24) is 4.90 Å². The average molecular weight is 276 g/mol. The van der Waals surface area contributed by atoms with Crippen LogP contribution in [0.25, 0.3) is 0 Å². The zero-order valence-corrected chi connectivity index (χ0v) is 12.3. The number of nitrogen functional groups attached to an aromatic ring is 1. The predicted octanol–water partition coefficient (Wildman–Crippen LogP) is 2.57. The summed E-state index contributed by atoms with van der Waals surface area (Å²) in [5.41, 5.74) is 7.60. The number of ether oxygens (including phenoxy) is 1. The zero-order chi connectivity index (χ0) is 14.5. The van der Waals surface area contributed by atoms with Gasteiger partial charge in [0.25, 0.3) is 5.91 Å². The molecule has 2 rings (SSSR count). The third-order valence-corrected chi connectivity index (χ3v) is 3.64. The molecule has 1 aromatic carbocycles. The Morgan fingerprint density at radius 2 is 2.25 bits per heavy atom. The van der Waals surface area contributed by atoms with Gasteiger partial charge in [-0.3, -0.25) is 4.79 Å². The smallest absolute Gasteiger partial charge is 0.252 e. The monoisotopic (exact) mass is 276 g/mol. The molecule has 1 heterocycles. The van der Waals surface area contributed by atoms with Gasteiger partial charge in [0.2, 0.25) is 0 Å². The fourth-order valence-corrected chi connectivity index (χ4v) is 2.64. The molecule has 110 valence electrons. The Bertz CT molecular complexity index is 462. The Kier molecular flexibility index (Phi) is 5.01. The number of nitrogens with two attached hydrogens (primary N) is 1. The van der Waals surface area contributed by atoms with Crippen molar-refractivity contribution >= 4 is 11.6 Å². The molecule has 2 atom stereocenters. The number of benzene rings is 1. The number of amides is 1. The van der Waals surface area contributed by atoms with E-state index in [2.05, 4.69) is 6.92 Å². The summed E-state index contributed by atoms with van der Waals surface area (Å²) in [6, 6.07) is 7.71. The second kappa shape index (κ2) is 6.75. The predicted molar refractivity (Wildman–Crippen MR) is 80.1 cm³/mol. The average Bonchev–Trinajstić information content (AvgIpc) is 2.84. The summed E-state index contributed by atoms with van der Waals surface area (Å²) in [5.74, 6) is 0.110. The Labute approximate surface area is 120 Å². The summed E-state index contributed by atoms with van der Waals surface area (Å²) in [5, 5.41) is 0. The summed E-state index contributed by atoms with van der Waals surface area (Å²) in [6.45, 7) is 5.46. The highest BCUT2D eigenvalue weighted by atomic mass is 16.5. The Hall–Kier alpha value is -1.55. The molecule has 1 fully saturated rings. The summed E-state index contributed by atoms with van der Waals surface area (Å²) >= 11 is 0. The lowest BCUT2D eigenvalue weighted by molar-refractivity contribution is -0.143. The second-order valence-corrected chi connectivity index (χ2v) is 5.52. The van der Waals surface area contributed by atoms with Gasteiger partial charge in [0.1, 0.15) is 6.10 Å². The van der Waals surface area contributed by atoms with Crippen molar-refractivity contribution in [3.8, 4) is 0 Å². The van der Waals surface area contributed by atoms with Crippen molar-refractivity contribution < 1.29 is 9.53 Å². The fraction of sp³-hybridized carbons (Fsp3) is 0.562. The van der Waals surface area contributed by atoms with E-state index in [1.807, 2.05) is 36.1 Å². The molecule has 0 saturated carbocycles. The molecule has 1 aromatic rings. The van der Waals surface area contributed by atoms with Crippen molar-refractivity contribution in [2.24, 2.45) is 0 Å². The van der Waals surface area contributed by atoms with Crippen molar-refractivity contribution in [2.45, 2.75) is 51.9 Å². The SMILES string of the molecule is CCCN(Cc1cccc(N)c1)C(=O)C1CCC(C)O1. The van der Waals surface area contributed by atoms with E-state index >= 15 is 0 Å². The third-order valence-electron chi connectivity index (χ3n) is 3.64. The normalized spacial score (nSPS) is 21.9. The first kappa shape index (κ1) is 14.9. The summed E-state index contributed by atoms with van der Waals surface area (Å²) in [7, 11) is 0. The van der Waals surface area contributed by atoms with Crippen LogP contribution in [0.2, 0.25) is 0 Å². The number of carbonyl (C=O) groups is 1. The molecule has 1 saturated heterocycles. The number of carbonyl (C=O) groups excluding carboxylic acids is 1. The molecule has 0 radical (unpaired) electrons. The Balaban J connectivity index is 2.04. The molecule has 0 aliphatic carbocycles. The van der Waals surface area contributed by atoms with Crippen molar-refractivity contribution in [2.75, 3.05) is 12.3 Å². The van der Waals surface area contributed by atoms with Crippen molar-refractivity contribution in [3.63, 3.8) is 0 Å². The van der Waals surface area contributed by atoms with E-state index in [9.17, 15) is 4.79 Å². The molecule has 20 heavy (non-hydrogen) atoms. The van der Waals surface area contributed by atoms with Crippen LogP contribution in [0.5, 0.6) is 0 Å². The number of anilines is 1. The van der Waals surface area contributed by atoms with Crippen molar-refractivity contribution in [3.05, 3.63) is 29.8 Å².